The Balaban J connectivity index is 1.82. The number of methoxy groups -OCH3 is 1. The van der Waals surface area contributed by atoms with E-state index in [0.717, 1.165) is 24.8 Å². The Kier molecular flexibility index (Phi) is 4.92. The van der Waals surface area contributed by atoms with E-state index in [4.69, 9.17) is 9.47 Å². The second kappa shape index (κ2) is 6.67. The van der Waals surface area contributed by atoms with Gasteiger partial charge in [-0.1, -0.05) is 39.0 Å². The standard InChI is InChI=1S/C21H32O3/c1-13-6-8-18-15(3)19(23-5)10-11-21(18,4)17(13)9-7-16-14(2)12-24-20(16)22/h7,14-15,17-19H,1,6,8-12H2,2-5H3/b16-7+/t14-,15-,17-,18-,19?,21+/m1/s1. The molecule has 1 aliphatic heterocycles. The summed E-state index contributed by atoms with van der Waals surface area (Å²) in [6, 6.07) is 0. The molecule has 0 aromatic heterocycles. The van der Waals surface area contributed by atoms with Gasteiger partial charge in [0, 0.05) is 18.6 Å². The summed E-state index contributed by atoms with van der Waals surface area (Å²) in [4.78, 5) is 11.9. The molecule has 1 unspecified atom stereocenters. The number of fused-ring (bicyclic) bond motifs is 1. The molecule has 0 bridgehead atoms. The van der Waals surface area contributed by atoms with Crippen molar-refractivity contribution < 1.29 is 14.3 Å². The molecular formula is C21H32O3. The molecular weight excluding hydrogens is 300 g/mol. The van der Waals surface area contributed by atoms with Crippen LogP contribution < -0.4 is 0 Å². The number of carbonyl (C=O) groups is 1. The second-order valence-corrected chi connectivity index (χ2v) is 8.43. The molecule has 3 fully saturated rings. The molecule has 0 radical (unpaired) electrons. The monoisotopic (exact) mass is 332 g/mol. The van der Waals surface area contributed by atoms with Crippen molar-refractivity contribution in [2.75, 3.05) is 13.7 Å². The van der Waals surface area contributed by atoms with Crippen LogP contribution in [0.3, 0.4) is 0 Å². The molecule has 3 heteroatoms. The van der Waals surface area contributed by atoms with Crippen LogP contribution in [0.1, 0.15) is 52.9 Å². The van der Waals surface area contributed by atoms with E-state index in [-0.39, 0.29) is 17.3 Å². The molecule has 3 nitrogen and oxygen atoms in total. The van der Waals surface area contributed by atoms with Gasteiger partial charge in [0.1, 0.15) is 0 Å². The van der Waals surface area contributed by atoms with Crippen LogP contribution in [0.2, 0.25) is 0 Å². The van der Waals surface area contributed by atoms with E-state index in [0.29, 0.717) is 30.5 Å². The van der Waals surface area contributed by atoms with Gasteiger partial charge in [-0.2, -0.15) is 0 Å². The number of hydrogen-bond acceptors (Lipinski definition) is 3. The van der Waals surface area contributed by atoms with E-state index in [1.807, 2.05) is 7.11 Å². The molecule has 0 spiro atoms. The lowest BCUT2D eigenvalue weighted by atomic mass is 9.50. The average Bonchev–Trinajstić information content (AvgIpc) is 2.86. The summed E-state index contributed by atoms with van der Waals surface area (Å²) in [5, 5.41) is 0. The van der Waals surface area contributed by atoms with E-state index in [2.05, 4.69) is 33.4 Å². The van der Waals surface area contributed by atoms with E-state index in [1.54, 1.807) is 0 Å². The van der Waals surface area contributed by atoms with Gasteiger partial charge in [0.25, 0.3) is 0 Å². The number of carbonyl (C=O) groups excluding carboxylic acids is 1. The van der Waals surface area contributed by atoms with Gasteiger partial charge in [0.05, 0.1) is 12.7 Å². The molecule has 134 valence electrons. The summed E-state index contributed by atoms with van der Waals surface area (Å²) >= 11 is 0. The van der Waals surface area contributed by atoms with Gasteiger partial charge in [-0.05, 0) is 55.3 Å². The number of rotatable bonds is 3. The zero-order valence-electron chi connectivity index (χ0n) is 15.6. The Bertz CT molecular complexity index is 549. The molecule has 0 N–H and O–H groups in total. The van der Waals surface area contributed by atoms with Crippen molar-refractivity contribution in [1.29, 1.82) is 0 Å². The van der Waals surface area contributed by atoms with Crippen molar-refractivity contribution in [3.05, 3.63) is 23.8 Å². The van der Waals surface area contributed by atoms with Crippen LogP contribution in [0, 0.1) is 29.1 Å². The summed E-state index contributed by atoms with van der Waals surface area (Å²) in [5.41, 5.74) is 2.51. The van der Waals surface area contributed by atoms with Gasteiger partial charge in [-0.15, -0.1) is 0 Å². The van der Waals surface area contributed by atoms with Gasteiger partial charge in [-0.3, -0.25) is 0 Å². The highest BCUT2D eigenvalue weighted by molar-refractivity contribution is 5.90. The van der Waals surface area contributed by atoms with Crippen LogP contribution >= 0.6 is 0 Å². The van der Waals surface area contributed by atoms with Gasteiger partial charge < -0.3 is 9.47 Å². The molecule has 1 heterocycles. The van der Waals surface area contributed by atoms with E-state index in [9.17, 15) is 4.79 Å². The first kappa shape index (κ1) is 17.7. The summed E-state index contributed by atoms with van der Waals surface area (Å²) in [6.45, 7) is 11.8. The lowest BCUT2D eigenvalue weighted by Gasteiger charge is -2.55. The zero-order valence-corrected chi connectivity index (χ0v) is 15.6. The number of cyclic esters (lactones) is 1. The van der Waals surface area contributed by atoms with Crippen LogP contribution in [-0.2, 0) is 14.3 Å². The molecule has 1 saturated heterocycles. The molecule has 6 atom stereocenters. The Morgan fingerprint density at radius 3 is 2.75 bits per heavy atom. The highest BCUT2D eigenvalue weighted by atomic mass is 16.5. The predicted octanol–water partition coefficient (Wildman–Crippen LogP) is 4.53. The first-order valence-corrected chi connectivity index (χ1v) is 9.46. The lowest BCUT2D eigenvalue weighted by Crippen LogP contribution is -2.50. The number of esters is 1. The molecule has 0 aromatic rings. The van der Waals surface area contributed by atoms with Crippen molar-refractivity contribution in [2.24, 2.45) is 29.1 Å². The molecule has 3 aliphatic rings. The molecule has 2 aliphatic carbocycles. The van der Waals surface area contributed by atoms with Crippen LogP contribution in [0.4, 0.5) is 0 Å². The Labute approximate surface area is 146 Å². The minimum absolute atomic E-state index is 0.123. The zero-order chi connectivity index (χ0) is 17.5. The summed E-state index contributed by atoms with van der Waals surface area (Å²) in [5.74, 6) is 1.83. The largest absolute Gasteiger partial charge is 0.462 e. The summed E-state index contributed by atoms with van der Waals surface area (Å²) in [6.07, 6.45) is 8.10. The smallest absolute Gasteiger partial charge is 0.334 e. The third kappa shape index (κ3) is 2.85. The van der Waals surface area contributed by atoms with Gasteiger partial charge in [-0.25, -0.2) is 4.79 Å². The quantitative estimate of drug-likeness (QED) is 0.433. The topological polar surface area (TPSA) is 35.5 Å². The first-order chi connectivity index (χ1) is 11.4. The summed E-state index contributed by atoms with van der Waals surface area (Å²) < 4.78 is 10.9. The van der Waals surface area contributed by atoms with Crippen LogP contribution in [-0.4, -0.2) is 25.8 Å². The SMILES string of the molecule is C=C1CC[C@@H]2[C@@H](C)C(OC)CC[C@@]2(C)[C@@H]1C/C=C1/C(=O)OC[C@H]1C. The molecule has 3 rings (SSSR count). The predicted molar refractivity (Wildman–Crippen MR) is 95.5 cm³/mol. The average molecular weight is 332 g/mol. The highest BCUT2D eigenvalue weighted by Crippen LogP contribution is 2.58. The van der Waals surface area contributed by atoms with Crippen LogP contribution in [0.25, 0.3) is 0 Å². The molecule has 24 heavy (non-hydrogen) atoms. The highest BCUT2D eigenvalue weighted by Gasteiger charge is 2.51. The Morgan fingerprint density at radius 1 is 1.38 bits per heavy atom. The lowest BCUT2D eigenvalue weighted by molar-refractivity contribution is -0.135. The number of ether oxygens (including phenoxy) is 2. The first-order valence-electron chi connectivity index (χ1n) is 9.46. The maximum atomic E-state index is 11.9. The third-order valence-corrected chi connectivity index (χ3v) is 7.21. The van der Waals surface area contributed by atoms with Crippen molar-refractivity contribution in [3.8, 4) is 0 Å². The maximum absolute atomic E-state index is 11.9. The molecule has 2 saturated carbocycles. The van der Waals surface area contributed by atoms with Crippen molar-refractivity contribution >= 4 is 5.97 Å². The minimum atomic E-state index is -0.123. The van der Waals surface area contributed by atoms with Gasteiger partial charge in [0.2, 0.25) is 0 Å². The fraction of sp³-hybridized carbons (Fsp3) is 0.762. The second-order valence-electron chi connectivity index (χ2n) is 8.43. The molecule has 0 aromatic carbocycles. The van der Waals surface area contributed by atoms with Crippen LogP contribution in [0.15, 0.2) is 23.8 Å². The minimum Gasteiger partial charge on any atom is -0.462 e. The maximum Gasteiger partial charge on any atom is 0.334 e. The van der Waals surface area contributed by atoms with Gasteiger partial charge >= 0.3 is 5.97 Å². The fourth-order valence-corrected chi connectivity index (χ4v) is 5.64. The fourth-order valence-electron chi connectivity index (χ4n) is 5.64. The van der Waals surface area contributed by atoms with Gasteiger partial charge in [0.15, 0.2) is 0 Å². The number of allylic oxidation sites excluding steroid dienone is 2. The van der Waals surface area contributed by atoms with E-state index >= 15 is 0 Å². The number of hydrogen-bond donors (Lipinski definition) is 0. The Morgan fingerprint density at radius 2 is 2.12 bits per heavy atom. The third-order valence-electron chi connectivity index (χ3n) is 7.21. The van der Waals surface area contributed by atoms with Crippen LogP contribution in [0.5, 0.6) is 0 Å². The molecule has 0 amide bonds. The Hall–Kier alpha value is -1.09. The summed E-state index contributed by atoms with van der Waals surface area (Å²) in [7, 11) is 1.85. The normalized spacial score (nSPS) is 44.5. The van der Waals surface area contributed by atoms with Crippen molar-refractivity contribution in [1.82, 2.24) is 0 Å². The van der Waals surface area contributed by atoms with E-state index in [1.165, 1.54) is 18.4 Å². The van der Waals surface area contributed by atoms with Crippen molar-refractivity contribution in [3.63, 3.8) is 0 Å². The van der Waals surface area contributed by atoms with E-state index < -0.39 is 0 Å². The van der Waals surface area contributed by atoms with Crippen molar-refractivity contribution in [2.45, 2.75) is 59.0 Å².